The fourth-order valence-corrected chi connectivity index (χ4v) is 1.61. The molecule has 1 aromatic heterocycles. The summed E-state index contributed by atoms with van der Waals surface area (Å²) in [6, 6.07) is 3.82. The first-order chi connectivity index (χ1) is 7.54. The Morgan fingerprint density at radius 3 is 2.81 bits per heavy atom. The van der Waals surface area contributed by atoms with E-state index in [4.69, 9.17) is 0 Å². The van der Waals surface area contributed by atoms with Crippen LogP contribution >= 0.6 is 15.9 Å². The third-order valence-electron chi connectivity index (χ3n) is 2.25. The standard InChI is InChI=1S/C11H15BrN2O2/c1-8(11(15)16-3)7-14(2)10-5-4-9(12)6-13-10/h4-6,8H,7H2,1-3H3. The van der Waals surface area contributed by atoms with E-state index in [1.54, 1.807) is 6.20 Å². The van der Waals surface area contributed by atoms with E-state index in [2.05, 4.69) is 25.7 Å². The molecular weight excluding hydrogens is 272 g/mol. The largest absolute Gasteiger partial charge is 0.469 e. The van der Waals surface area contributed by atoms with Crippen molar-refractivity contribution >= 4 is 27.7 Å². The van der Waals surface area contributed by atoms with Crippen LogP contribution in [-0.2, 0) is 9.53 Å². The second kappa shape index (κ2) is 5.84. The number of ether oxygens (including phenoxy) is 1. The van der Waals surface area contributed by atoms with Gasteiger partial charge in [-0.25, -0.2) is 4.98 Å². The molecule has 0 spiro atoms. The second-order valence-corrected chi connectivity index (χ2v) is 4.56. The van der Waals surface area contributed by atoms with Crippen molar-refractivity contribution in [3.8, 4) is 0 Å². The topological polar surface area (TPSA) is 42.4 Å². The quantitative estimate of drug-likeness (QED) is 0.795. The Hall–Kier alpha value is -1.10. The molecule has 0 aliphatic rings. The molecule has 0 radical (unpaired) electrons. The van der Waals surface area contributed by atoms with Gasteiger partial charge in [0.15, 0.2) is 0 Å². The Balaban J connectivity index is 2.61. The van der Waals surface area contributed by atoms with Gasteiger partial charge in [-0.1, -0.05) is 6.92 Å². The molecule has 5 heteroatoms. The molecule has 1 rings (SSSR count). The highest BCUT2D eigenvalue weighted by Crippen LogP contribution is 2.14. The number of aromatic nitrogens is 1. The van der Waals surface area contributed by atoms with Crippen molar-refractivity contribution in [1.82, 2.24) is 4.98 Å². The number of carbonyl (C=O) groups excluding carboxylic acids is 1. The summed E-state index contributed by atoms with van der Waals surface area (Å²) < 4.78 is 5.61. The van der Waals surface area contributed by atoms with E-state index in [0.29, 0.717) is 6.54 Å². The lowest BCUT2D eigenvalue weighted by atomic mass is 10.2. The van der Waals surface area contributed by atoms with Gasteiger partial charge in [0.25, 0.3) is 0 Å². The molecule has 0 bridgehead atoms. The van der Waals surface area contributed by atoms with Gasteiger partial charge in [0.2, 0.25) is 0 Å². The fraction of sp³-hybridized carbons (Fsp3) is 0.455. The number of methoxy groups -OCH3 is 1. The van der Waals surface area contributed by atoms with Gasteiger partial charge in [-0.2, -0.15) is 0 Å². The smallest absolute Gasteiger partial charge is 0.310 e. The van der Waals surface area contributed by atoms with E-state index in [1.807, 2.05) is 31.0 Å². The van der Waals surface area contributed by atoms with Crippen LogP contribution in [0.15, 0.2) is 22.8 Å². The number of halogens is 1. The van der Waals surface area contributed by atoms with Gasteiger partial charge in [-0.3, -0.25) is 4.79 Å². The summed E-state index contributed by atoms with van der Waals surface area (Å²) in [5.41, 5.74) is 0. The highest BCUT2D eigenvalue weighted by atomic mass is 79.9. The molecule has 1 aromatic rings. The van der Waals surface area contributed by atoms with Crippen molar-refractivity contribution in [2.24, 2.45) is 5.92 Å². The third-order valence-corrected chi connectivity index (χ3v) is 2.72. The van der Waals surface area contributed by atoms with Crippen molar-refractivity contribution in [2.45, 2.75) is 6.92 Å². The summed E-state index contributed by atoms with van der Waals surface area (Å²) in [5.74, 6) is 0.461. The summed E-state index contributed by atoms with van der Waals surface area (Å²) in [6.45, 7) is 2.42. The van der Waals surface area contributed by atoms with E-state index < -0.39 is 0 Å². The Morgan fingerprint density at radius 1 is 1.62 bits per heavy atom. The molecule has 88 valence electrons. The number of rotatable bonds is 4. The number of pyridine rings is 1. The minimum atomic E-state index is -0.205. The molecule has 1 heterocycles. The Morgan fingerprint density at radius 2 is 2.31 bits per heavy atom. The summed E-state index contributed by atoms with van der Waals surface area (Å²) in [4.78, 5) is 17.4. The van der Waals surface area contributed by atoms with E-state index in [-0.39, 0.29) is 11.9 Å². The zero-order valence-electron chi connectivity index (χ0n) is 9.61. The Labute approximate surface area is 104 Å². The van der Waals surface area contributed by atoms with Crippen LogP contribution in [0.2, 0.25) is 0 Å². The van der Waals surface area contributed by atoms with Crippen LogP contribution in [-0.4, -0.2) is 31.7 Å². The third kappa shape index (κ3) is 3.48. The monoisotopic (exact) mass is 286 g/mol. The van der Waals surface area contributed by atoms with E-state index in [9.17, 15) is 4.79 Å². The molecular formula is C11H15BrN2O2. The van der Waals surface area contributed by atoms with Crippen molar-refractivity contribution in [3.63, 3.8) is 0 Å². The number of hydrogen-bond acceptors (Lipinski definition) is 4. The van der Waals surface area contributed by atoms with Crippen molar-refractivity contribution in [3.05, 3.63) is 22.8 Å². The predicted octanol–water partition coefficient (Wildman–Crippen LogP) is 2.09. The van der Waals surface area contributed by atoms with Crippen LogP contribution in [0.25, 0.3) is 0 Å². The normalized spacial score (nSPS) is 12.0. The van der Waals surface area contributed by atoms with Crippen LogP contribution in [0.5, 0.6) is 0 Å². The summed E-state index contributed by atoms with van der Waals surface area (Å²) in [6.07, 6.45) is 1.73. The number of esters is 1. The van der Waals surface area contributed by atoms with Crippen LogP contribution in [0.4, 0.5) is 5.82 Å². The van der Waals surface area contributed by atoms with E-state index >= 15 is 0 Å². The first kappa shape index (κ1) is 13.0. The van der Waals surface area contributed by atoms with Gasteiger partial charge in [0, 0.05) is 24.3 Å². The number of hydrogen-bond donors (Lipinski definition) is 0. The van der Waals surface area contributed by atoms with Gasteiger partial charge in [0.1, 0.15) is 5.82 Å². The molecule has 0 saturated carbocycles. The van der Waals surface area contributed by atoms with Crippen LogP contribution in [0.1, 0.15) is 6.92 Å². The molecule has 0 aliphatic carbocycles. The molecule has 0 fully saturated rings. The maximum atomic E-state index is 11.3. The van der Waals surface area contributed by atoms with Gasteiger partial charge in [-0.15, -0.1) is 0 Å². The highest BCUT2D eigenvalue weighted by Gasteiger charge is 2.16. The minimum absolute atomic E-state index is 0.166. The number of nitrogens with zero attached hydrogens (tertiary/aromatic N) is 2. The lowest BCUT2D eigenvalue weighted by molar-refractivity contribution is -0.144. The molecule has 16 heavy (non-hydrogen) atoms. The SMILES string of the molecule is COC(=O)C(C)CN(C)c1ccc(Br)cn1. The second-order valence-electron chi connectivity index (χ2n) is 3.64. The number of carbonyl (C=O) groups is 1. The van der Waals surface area contributed by atoms with Gasteiger partial charge in [0.05, 0.1) is 13.0 Å². The van der Waals surface area contributed by atoms with Crippen LogP contribution in [0, 0.1) is 5.92 Å². The van der Waals surface area contributed by atoms with Crippen LogP contribution < -0.4 is 4.90 Å². The van der Waals surface area contributed by atoms with Crippen LogP contribution in [0.3, 0.4) is 0 Å². The van der Waals surface area contributed by atoms with Crippen molar-refractivity contribution < 1.29 is 9.53 Å². The zero-order chi connectivity index (χ0) is 12.1. The van der Waals surface area contributed by atoms with Gasteiger partial charge in [-0.05, 0) is 28.1 Å². The fourth-order valence-electron chi connectivity index (χ4n) is 1.37. The average Bonchev–Trinajstić information content (AvgIpc) is 2.28. The van der Waals surface area contributed by atoms with E-state index in [0.717, 1.165) is 10.3 Å². The lowest BCUT2D eigenvalue weighted by Gasteiger charge is -2.21. The zero-order valence-corrected chi connectivity index (χ0v) is 11.2. The molecule has 1 atom stereocenters. The van der Waals surface area contributed by atoms with Gasteiger partial charge < -0.3 is 9.64 Å². The first-order valence-corrected chi connectivity index (χ1v) is 5.74. The summed E-state index contributed by atoms with van der Waals surface area (Å²) >= 11 is 3.32. The predicted molar refractivity (Wildman–Crippen MR) is 66.4 cm³/mol. The Kier molecular flexibility index (Phi) is 4.73. The van der Waals surface area contributed by atoms with Crippen molar-refractivity contribution in [2.75, 3.05) is 25.6 Å². The molecule has 1 unspecified atom stereocenters. The lowest BCUT2D eigenvalue weighted by Crippen LogP contribution is -2.29. The average molecular weight is 287 g/mol. The molecule has 4 nitrogen and oxygen atoms in total. The summed E-state index contributed by atoms with van der Waals surface area (Å²) in [5, 5.41) is 0. The highest BCUT2D eigenvalue weighted by molar-refractivity contribution is 9.10. The minimum Gasteiger partial charge on any atom is -0.469 e. The maximum Gasteiger partial charge on any atom is 0.310 e. The molecule has 0 N–H and O–H groups in total. The molecule has 0 saturated heterocycles. The van der Waals surface area contributed by atoms with E-state index in [1.165, 1.54) is 7.11 Å². The first-order valence-electron chi connectivity index (χ1n) is 4.95. The Bertz CT molecular complexity index is 354. The number of anilines is 1. The molecule has 0 aromatic carbocycles. The van der Waals surface area contributed by atoms with Crippen molar-refractivity contribution in [1.29, 1.82) is 0 Å². The van der Waals surface area contributed by atoms with Gasteiger partial charge >= 0.3 is 5.97 Å². The summed E-state index contributed by atoms with van der Waals surface area (Å²) in [7, 11) is 3.30. The molecule has 0 amide bonds. The maximum absolute atomic E-state index is 11.3. The molecule has 0 aliphatic heterocycles.